The highest BCUT2D eigenvalue weighted by Gasteiger charge is 2.30. The van der Waals surface area contributed by atoms with Crippen LogP contribution in [0.5, 0.6) is 0 Å². The molecule has 2 amide bonds. The first-order valence-corrected chi connectivity index (χ1v) is 6.03. The predicted octanol–water partition coefficient (Wildman–Crippen LogP) is 0.659. The Morgan fingerprint density at radius 2 is 2.17 bits per heavy atom. The molecule has 1 aromatic heterocycles. The number of pyridine rings is 1. The lowest BCUT2D eigenvalue weighted by Crippen LogP contribution is -2.55. The number of carbonyl (C=O) groups is 2. The first-order chi connectivity index (χ1) is 8.50. The van der Waals surface area contributed by atoms with E-state index in [0.29, 0.717) is 24.3 Å². The monoisotopic (exact) mass is 247 g/mol. The van der Waals surface area contributed by atoms with Crippen LogP contribution < -0.4 is 5.32 Å². The Kier molecular flexibility index (Phi) is 3.32. The third-order valence-electron chi connectivity index (χ3n) is 3.22. The molecule has 1 atom stereocenters. The van der Waals surface area contributed by atoms with Gasteiger partial charge in [-0.05, 0) is 32.9 Å². The SMILES string of the molecule is Cc1ccc(C(=O)N2CCNC(=O)C2C)c(C)n1. The van der Waals surface area contributed by atoms with E-state index in [0.717, 1.165) is 5.69 Å². The van der Waals surface area contributed by atoms with Crippen molar-refractivity contribution in [2.75, 3.05) is 13.1 Å². The molecule has 2 rings (SSSR count). The number of hydrogen-bond donors (Lipinski definition) is 1. The summed E-state index contributed by atoms with van der Waals surface area (Å²) in [5.41, 5.74) is 2.16. The minimum Gasteiger partial charge on any atom is -0.353 e. The molecule has 0 saturated carbocycles. The van der Waals surface area contributed by atoms with Gasteiger partial charge in [-0.2, -0.15) is 0 Å². The van der Waals surface area contributed by atoms with Crippen molar-refractivity contribution in [1.29, 1.82) is 0 Å². The molecule has 0 radical (unpaired) electrons. The standard InChI is InChI=1S/C13H17N3O2/c1-8-4-5-11(9(2)15-8)13(18)16-7-6-14-12(17)10(16)3/h4-5,10H,6-7H2,1-3H3,(H,14,17). The second-order valence-electron chi connectivity index (χ2n) is 4.55. The predicted molar refractivity (Wildman–Crippen MR) is 67.2 cm³/mol. The number of carbonyl (C=O) groups excluding carboxylic acids is 2. The van der Waals surface area contributed by atoms with E-state index in [1.165, 1.54) is 0 Å². The highest BCUT2D eigenvalue weighted by atomic mass is 16.2. The summed E-state index contributed by atoms with van der Waals surface area (Å²) in [5.74, 6) is -0.227. The van der Waals surface area contributed by atoms with Crippen LogP contribution in [0, 0.1) is 13.8 Å². The smallest absolute Gasteiger partial charge is 0.256 e. The topological polar surface area (TPSA) is 62.3 Å². The van der Waals surface area contributed by atoms with E-state index in [4.69, 9.17) is 0 Å². The molecule has 5 heteroatoms. The van der Waals surface area contributed by atoms with Crippen molar-refractivity contribution in [2.24, 2.45) is 0 Å². The van der Waals surface area contributed by atoms with Gasteiger partial charge in [-0.3, -0.25) is 14.6 Å². The zero-order valence-electron chi connectivity index (χ0n) is 10.9. The van der Waals surface area contributed by atoms with E-state index < -0.39 is 6.04 Å². The van der Waals surface area contributed by atoms with Gasteiger partial charge < -0.3 is 10.2 Å². The molecule has 18 heavy (non-hydrogen) atoms. The van der Waals surface area contributed by atoms with Gasteiger partial charge in [-0.1, -0.05) is 0 Å². The quantitative estimate of drug-likeness (QED) is 0.793. The fraction of sp³-hybridized carbons (Fsp3) is 0.462. The molecule has 1 fully saturated rings. The molecular weight excluding hydrogens is 230 g/mol. The van der Waals surface area contributed by atoms with Gasteiger partial charge in [0.2, 0.25) is 5.91 Å². The Hall–Kier alpha value is -1.91. The van der Waals surface area contributed by atoms with Gasteiger partial charge in [-0.15, -0.1) is 0 Å². The maximum absolute atomic E-state index is 12.4. The lowest BCUT2D eigenvalue weighted by Gasteiger charge is -2.33. The fourth-order valence-electron chi connectivity index (χ4n) is 2.13. The van der Waals surface area contributed by atoms with Crippen LogP contribution in [0.3, 0.4) is 0 Å². The zero-order valence-corrected chi connectivity index (χ0v) is 10.9. The van der Waals surface area contributed by atoms with E-state index in [-0.39, 0.29) is 11.8 Å². The number of hydrogen-bond acceptors (Lipinski definition) is 3. The lowest BCUT2D eigenvalue weighted by atomic mass is 10.1. The van der Waals surface area contributed by atoms with Crippen LogP contribution in [0.4, 0.5) is 0 Å². The van der Waals surface area contributed by atoms with Crippen LogP contribution in [-0.4, -0.2) is 40.8 Å². The van der Waals surface area contributed by atoms with Gasteiger partial charge >= 0.3 is 0 Å². The van der Waals surface area contributed by atoms with E-state index in [1.807, 2.05) is 19.9 Å². The Morgan fingerprint density at radius 1 is 1.44 bits per heavy atom. The third kappa shape index (κ3) is 2.20. The molecule has 0 bridgehead atoms. The summed E-state index contributed by atoms with van der Waals surface area (Å²) in [6.07, 6.45) is 0. The Morgan fingerprint density at radius 3 is 2.83 bits per heavy atom. The molecule has 1 aromatic rings. The molecule has 1 aliphatic heterocycles. The Balaban J connectivity index is 2.28. The van der Waals surface area contributed by atoms with Crippen molar-refractivity contribution in [1.82, 2.24) is 15.2 Å². The number of amides is 2. The van der Waals surface area contributed by atoms with Crippen molar-refractivity contribution in [2.45, 2.75) is 26.8 Å². The second-order valence-corrected chi connectivity index (χ2v) is 4.55. The van der Waals surface area contributed by atoms with Gasteiger partial charge in [0.15, 0.2) is 0 Å². The molecule has 1 aliphatic rings. The minimum absolute atomic E-state index is 0.104. The van der Waals surface area contributed by atoms with E-state index in [1.54, 1.807) is 17.9 Å². The summed E-state index contributed by atoms with van der Waals surface area (Å²) in [7, 11) is 0. The minimum atomic E-state index is -0.424. The maximum atomic E-state index is 12.4. The van der Waals surface area contributed by atoms with Crippen LogP contribution >= 0.6 is 0 Å². The van der Waals surface area contributed by atoms with Crippen molar-refractivity contribution >= 4 is 11.8 Å². The average Bonchev–Trinajstić information content (AvgIpc) is 2.32. The van der Waals surface area contributed by atoms with E-state index in [2.05, 4.69) is 10.3 Å². The molecule has 1 unspecified atom stereocenters. The third-order valence-corrected chi connectivity index (χ3v) is 3.22. The van der Waals surface area contributed by atoms with Crippen molar-refractivity contribution in [3.05, 3.63) is 29.1 Å². The number of aromatic nitrogens is 1. The summed E-state index contributed by atoms with van der Waals surface area (Å²) in [4.78, 5) is 29.8. The van der Waals surface area contributed by atoms with Crippen LogP contribution in [0.1, 0.15) is 28.7 Å². The summed E-state index contributed by atoms with van der Waals surface area (Å²) in [6.45, 7) is 6.49. The normalized spacial score (nSPS) is 19.6. The number of rotatable bonds is 1. The summed E-state index contributed by atoms with van der Waals surface area (Å²) in [5, 5.41) is 2.74. The molecule has 5 nitrogen and oxygen atoms in total. The van der Waals surface area contributed by atoms with Crippen LogP contribution in [0.2, 0.25) is 0 Å². The molecule has 1 saturated heterocycles. The fourth-order valence-corrected chi connectivity index (χ4v) is 2.13. The van der Waals surface area contributed by atoms with Crippen LogP contribution in [0.25, 0.3) is 0 Å². The van der Waals surface area contributed by atoms with Crippen molar-refractivity contribution in [3.8, 4) is 0 Å². The van der Waals surface area contributed by atoms with E-state index >= 15 is 0 Å². The highest BCUT2D eigenvalue weighted by Crippen LogP contribution is 2.14. The van der Waals surface area contributed by atoms with Crippen LogP contribution in [-0.2, 0) is 4.79 Å². The van der Waals surface area contributed by atoms with Gasteiger partial charge in [0.05, 0.1) is 11.3 Å². The maximum Gasteiger partial charge on any atom is 0.256 e. The number of aryl methyl sites for hydroxylation is 2. The molecule has 0 spiro atoms. The summed E-state index contributed by atoms with van der Waals surface area (Å²) < 4.78 is 0. The van der Waals surface area contributed by atoms with Gasteiger partial charge in [0.1, 0.15) is 6.04 Å². The van der Waals surface area contributed by atoms with Gasteiger partial charge in [0.25, 0.3) is 5.91 Å². The zero-order chi connectivity index (χ0) is 13.3. The summed E-state index contributed by atoms with van der Waals surface area (Å²) >= 11 is 0. The molecule has 2 heterocycles. The molecule has 96 valence electrons. The summed E-state index contributed by atoms with van der Waals surface area (Å²) in [6, 6.07) is 3.17. The molecule has 1 N–H and O–H groups in total. The Labute approximate surface area is 106 Å². The molecular formula is C13H17N3O2. The average molecular weight is 247 g/mol. The van der Waals surface area contributed by atoms with Gasteiger partial charge in [0, 0.05) is 18.8 Å². The van der Waals surface area contributed by atoms with Crippen molar-refractivity contribution < 1.29 is 9.59 Å². The van der Waals surface area contributed by atoms with Crippen LogP contribution in [0.15, 0.2) is 12.1 Å². The van der Waals surface area contributed by atoms with Crippen molar-refractivity contribution in [3.63, 3.8) is 0 Å². The Bertz CT molecular complexity index is 499. The van der Waals surface area contributed by atoms with Gasteiger partial charge in [-0.25, -0.2) is 0 Å². The number of nitrogens with one attached hydrogen (secondary N) is 1. The first-order valence-electron chi connectivity index (χ1n) is 6.03. The second kappa shape index (κ2) is 4.76. The van der Waals surface area contributed by atoms with E-state index in [9.17, 15) is 9.59 Å². The number of nitrogens with zero attached hydrogens (tertiary/aromatic N) is 2. The lowest BCUT2D eigenvalue weighted by molar-refractivity contribution is -0.127. The molecule has 0 aliphatic carbocycles. The highest BCUT2D eigenvalue weighted by molar-refractivity contribution is 5.98. The number of piperazine rings is 1. The first kappa shape index (κ1) is 12.5. The molecule has 0 aromatic carbocycles. The largest absolute Gasteiger partial charge is 0.353 e.